The Hall–Kier alpha value is -2.84. The normalized spacial score (nSPS) is 11.9. The van der Waals surface area contributed by atoms with Gasteiger partial charge >= 0.3 is 6.61 Å². The number of benzene rings is 1. The molecule has 1 aromatic heterocycles. The molecule has 0 spiro atoms. The maximum absolute atomic E-state index is 13.8. The highest BCUT2D eigenvalue weighted by molar-refractivity contribution is 7.90. The fraction of sp³-hybridized carbons (Fsp3) is 0.294. The summed E-state index contributed by atoms with van der Waals surface area (Å²) in [5.41, 5.74) is -2.06. The molecule has 9 nitrogen and oxygen atoms in total. The topological polar surface area (TPSA) is 131 Å². The number of carbonyl (C=O) groups excluding carboxylic acids is 2. The first-order valence-corrected chi connectivity index (χ1v) is 10.6. The number of carbonyl (C=O) groups is 2. The van der Waals surface area contributed by atoms with Crippen molar-refractivity contribution in [3.05, 3.63) is 35.0 Å². The molecule has 3 N–H and O–H groups in total. The molecular formula is C17H17F3N2O7S2. The Kier molecular flexibility index (Phi) is 7.18. The van der Waals surface area contributed by atoms with E-state index in [2.05, 4.69) is 14.8 Å². The van der Waals surface area contributed by atoms with Crippen LogP contribution in [-0.2, 0) is 14.8 Å². The Morgan fingerprint density at radius 3 is 2.42 bits per heavy atom. The first-order chi connectivity index (χ1) is 14.3. The maximum Gasteiger partial charge on any atom is 0.387 e. The molecule has 2 rings (SSSR count). The first-order valence-electron chi connectivity index (χ1n) is 8.27. The van der Waals surface area contributed by atoms with E-state index in [1.54, 1.807) is 4.72 Å². The third-order valence-corrected chi connectivity index (χ3v) is 5.83. The zero-order valence-electron chi connectivity index (χ0n) is 16.2. The number of aliphatic hydroxyl groups is 1. The van der Waals surface area contributed by atoms with Gasteiger partial charge in [-0.05, 0) is 25.3 Å². The second-order valence-electron chi connectivity index (χ2n) is 6.42. The van der Waals surface area contributed by atoms with Crippen molar-refractivity contribution in [1.82, 2.24) is 4.72 Å². The molecule has 2 amide bonds. The average Bonchev–Trinajstić information content (AvgIpc) is 3.08. The monoisotopic (exact) mass is 482 g/mol. The molecule has 31 heavy (non-hydrogen) atoms. The van der Waals surface area contributed by atoms with Crippen LogP contribution in [0.1, 0.15) is 24.2 Å². The van der Waals surface area contributed by atoms with Gasteiger partial charge in [-0.3, -0.25) is 9.59 Å². The molecule has 0 unspecified atom stereocenters. The molecule has 0 bridgehead atoms. The summed E-state index contributed by atoms with van der Waals surface area (Å²) < 4.78 is 74.8. The van der Waals surface area contributed by atoms with Gasteiger partial charge in [0.25, 0.3) is 21.8 Å². The third-order valence-electron chi connectivity index (χ3n) is 3.64. The van der Waals surface area contributed by atoms with Crippen molar-refractivity contribution in [2.24, 2.45) is 0 Å². The van der Waals surface area contributed by atoms with Crippen molar-refractivity contribution < 1.29 is 45.8 Å². The maximum atomic E-state index is 13.8. The fourth-order valence-corrected chi connectivity index (χ4v) is 4.02. The highest BCUT2D eigenvalue weighted by atomic mass is 32.2. The van der Waals surface area contributed by atoms with Crippen molar-refractivity contribution in [2.45, 2.75) is 31.0 Å². The molecule has 2 aromatic rings. The minimum absolute atomic E-state index is 0.0689. The molecule has 170 valence electrons. The van der Waals surface area contributed by atoms with Crippen LogP contribution in [0.2, 0.25) is 0 Å². The standard InChI is InChI=1S/C17H17F3N2O7S2/c1-17(2,25)15(24)21-14-8(4-5-30-14)13(23)22-31(26,27)12-7-10(28-3)9(18)6-11(12)29-16(19)20/h4-7,16,25H,1-3H3,(H,21,24)(H,22,23). The van der Waals surface area contributed by atoms with E-state index in [0.717, 1.165) is 18.4 Å². The molecule has 0 aliphatic heterocycles. The van der Waals surface area contributed by atoms with Gasteiger partial charge in [0.05, 0.1) is 12.7 Å². The Labute approximate surface area is 178 Å². The van der Waals surface area contributed by atoms with Gasteiger partial charge in [-0.15, -0.1) is 11.3 Å². The molecule has 0 atom stereocenters. The van der Waals surface area contributed by atoms with Crippen molar-refractivity contribution >= 4 is 38.2 Å². The number of methoxy groups -OCH3 is 1. The van der Waals surface area contributed by atoms with Crippen LogP contribution in [0.15, 0.2) is 28.5 Å². The summed E-state index contributed by atoms with van der Waals surface area (Å²) in [4.78, 5) is 23.5. The number of sulfonamides is 1. The van der Waals surface area contributed by atoms with Crippen LogP contribution in [0.25, 0.3) is 0 Å². The lowest BCUT2D eigenvalue weighted by molar-refractivity contribution is -0.130. The molecule has 0 fully saturated rings. The lowest BCUT2D eigenvalue weighted by atomic mass is 10.1. The van der Waals surface area contributed by atoms with Gasteiger partial charge in [-0.2, -0.15) is 8.78 Å². The molecule has 14 heteroatoms. The summed E-state index contributed by atoms with van der Waals surface area (Å²) in [5, 5.41) is 13.3. The average molecular weight is 482 g/mol. The van der Waals surface area contributed by atoms with E-state index in [1.165, 1.54) is 25.3 Å². The summed E-state index contributed by atoms with van der Waals surface area (Å²) in [6, 6.07) is 2.15. The number of halogens is 3. The molecule has 0 radical (unpaired) electrons. The van der Waals surface area contributed by atoms with Crippen LogP contribution >= 0.6 is 11.3 Å². The highest BCUT2D eigenvalue weighted by Gasteiger charge is 2.30. The Morgan fingerprint density at radius 2 is 1.87 bits per heavy atom. The molecule has 0 saturated heterocycles. The summed E-state index contributed by atoms with van der Waals surface area (Å²) in [6.07, 6.45) is 0. The number of thiophene rings is 1. The predicted octanol–water partition coefficient (Wildman–Crippen LogP) is 2.33. The molecule has 0 aliphatic carbocycles. The van der Waals surface area contributed by atoms with Crippen LogP contribution in [-0.4, -0.2) is 44.7 Å². The summed E-state index contributed by atoms with van der Waals surface area (Å²) in [7, 11) is -3.83. The van der Waals surface area contributed by atoms with E-state index in [0.29, 0.717) is 12.1 Å². The summed E-state index contributed by atoms with van der Waals surface area (Å²) in [6.45, 7) is -1.07. The summed E-state index contributed by atoms with van der Waals surface area (Å²) in [5.74, 6) is -4.89. The van der Waals surface area contributed by atoms with Crippen LogP contribution < -0.4 is 19.5 Å². The lowest BCUT2D eigenvalue weighted by Gasteiger charge is -2.17. The molecule has 1 aromatic carbocycles. The van der Waals surface area contributed by atoms with Crippen molar-refractivity contribution in [3.8, 4) is 11.5 Å². The Balaban J connectivity index is 2.39. The molecule has 1 heterocycles. The molecule has 0 saturated carbocycles. The lowest BCUT2D eigenvalue weighted by Crippen LogP contribution is -2.37. The second kappa shape index (κ2) is 9.11. The van der Waals surface area contributed by atoms with Gasteiger partial charge in [-0.25, -0.2) is 17.5 Å². The van der Waals surface area contributed by atoms with Crippen molar-refractivity contribution in [3.63, 3.8) is 0 Å². The number of ether oxygens (including phenoxy) is 2. The third kappa shape index (κ3) is 5.86. The predicted molar refractivity (Wildman–Crippen MR) is 103 cm³/mol. The molecule has 0 aliphatic rings. The van der Waals surface area contributed by atoms with Gasteiger partial charge in [0, 0.05) is 12.1 Å². The van der Waals surface area contributed by atoms with Crippen LogP contribution in [0, 0.1) is 5.82 Å². The second-order valence-corrected chi connectivity index (χ2v) is 8.99. The quantitative estimate of drug-likeness (QED) is 0.526. The Morgan fingerprint density at radius 1 is 1.23 bits per heavy atom. The number of hydrogen-bond acceptors (Lipinski definition) is 8. The van der Waals surface area contributed by atoms with Gasteiger partial charge in [0.2, 0.25) is 0 Å². The van der Waals surface area contributed by atoms with Crippen molar-refractivity contribution in [2.75, 3.05) is 12.4 Å². The highest BCUT2D eigenvalue weighted by Crippen LogP contribution is 2.33. The smallest absolute Gasteiger partial charge is 0.387 e. The van der Waals surface area contributed by atoms with E-state index < -0.39 is 56.3 Å². The number of hydrogen-bond donors (Lipinski definition) is 3. The van der Waals surface area contributed by atoms with Crippen LogP contribution in [0.4, 0.5) is 18.2 Å². The Bertz CT molecular complexity index is 1100. The van der Waals surface area contributed by atoms with E-state index in [1.807, 2.05) is 0 Å². The van der Waals surface area contributed by atoms with E-state index in [4.69, 9.17) is 0 Å². The van der Waals surface area contributed by atoms with Crippen LogP contribution in [0.3, 0.4) is 0 Å². The van der Waals surface area contributed by atoms with Gasteiger partial charge in [-0.1, -0.05) is 0 Å². The minimum Gasteiger partial charge on any atom is -0.494 e. The fourth-order valence-electron chi connectivity index (χ4n) is 2.14. The first kappa shape index (κ1) is 24.4. The van der Waals surface area contributed by atoms with Gasteiger partial charge in [0.15, 0.2) is 11.6 Å². The SMILES string of the molecule is COc1cc(S(=O)(=O)NC(=O)c2ccsc2NC(=O)C(C)(C)O)c(OC(F)F)cc1F. The molecular weight excluding hydrogens is 465 g/mol. The van der Waals surface area contributed by atoms with Gasteiger partial charge in [0.1, 0.15) is 21.2 Å². The largest absolute Gasteiger partial charge is 0.494 e. The number of nitrogens with one attached hydrogen (secondary N) is 2. The van der Waals surface area contributed by atoms with E-state index >= 15 is 0 Å². The van der Waals surface area contributed by atoms with E-state index in [9.17, 15) is 36.3 Å². The van der Waals surface area contributed by atoms with Gasteiger partial charge < -0.3 is 19.9 Å². The number of anilines is 1. The number of rotatable bonds is 8. The van der Waals surface area contributed by atoms with Crippen molar-refractivity contribution in [1.29, 1.82) is 0 Å². The van der Waals surface area contributed by atoms with Crippen LogP contribution in [0.5, 0.6) is 11.5 Å². The van der Waals surface area contributed by atoms with E-state index in [-0.39, 0.29) is 10.6 Å². The number of amides is 2. The summed E-state index contributed by atoms with van der Waals surface area (Å²) >= 11 is 0.872. The minimum atomic E-state index is -4.85. The number of alkyl halides is 2. The zero-order chi connectivity index (χ0) is 23.6. The zero-order valence-corrected chi connectivity index (χ0v) is 17.9.